The summed E-state index contributed by atoms with van der Waals surface area (Å²) in [6.07, 6.45) is 1.26. The lowest BCUT2D eigenvalue weighted by molar-refractivity contribution is 0.0442. The van der Waals surface area contributed by atoms with E-state index < -0.39 is 5.60 Å². The van der Waals surface area contributed by atoms with Crippen LogP contribution in [-0.4, -0.2) is 60.5 Å². The first-order chi connectivity index (χ1) is 9.34. The Morgan fingerprint density at radius 3 is 2.70 bits per heavy atom. The van der Waals surface area contributed by atoms with Gasteiger partial charge in [-0.3, -0.25) is 4.90 Å². The highest BCUT2D eigenvalue weighted by Crippen LogP contribution is 2.20. The molecule has 1 rings (SSSR count). The van der Waals surface area contributed by atoms with Gasteiger partial charge in [-0.2, -0.15) is 0 Å². The second-order valence-electron chi connectivity index (χ2n) is 6.51. The zero-order valence-corrected chi connectivity index (χ0v) is 12.9. The molecule has 1 fully saturated rings. The van der Waals surface area contributed by atoms with E-state index in [1.807, 2.05) is 20.8 Å². The van der Waals surface area contributed by atoms with Crippen LogP contribution in [0.5, 0.6) is 0 Å². The number of likely N-dealkylation sites (tertiary alicyclic amines) is 1. The molecule has 1 aliphatic rings. The number of carbonyl (C=O) groups excluding carboxylic acids is 1. The van der Waals surface area contributed by atoms with Gasteiger partial charge in [0.2, 0.25) is 0 Å². The van der Waals surface area contributed by atoms with Crippen LogP contribution >= 0.6 is 0 Å². The molecule has 1 amide bonds. The summed E-state index contributed by atoms with van der Waals surface area (Å²) in [5.41, 5.74) is 5.12. The number of aliphatic hydroxyl groups is 1. The summed E-state index contributed by atoms with van der Waals surface area (Å²) < 4.78 is 5.29. The van der Waals surface area contributed by atoms with Crippen molar-refractivity contribution < 1.29 is 14.6 Å². The Balaban J connectivity index is 2.51. The Labute approximate surface area is 121 Å². The van der Waals surface area contributed by atoms with Crippen molar-refractivity contribution in [1.82, 2.24) is 10.2 Å². The summed E-state index contributed by atoms with van der Waals surface area (Å²) in [6.45, 7) is 8.87. The molecule has 20 heavy (non-hydrogen) atoms. The van der Waals surface area contributed by atoms with E-state index in [2.05, 4.69) is 10.2 Å². The van der Waals surface area contributed by atoms with Crippen LogP contribution in [0.1, 0.15) is 33.6 Å². The third kappa shape index (κ3) is 6.54. The average Bonchev–Trinajstić information content (AvgIpc) is 2.26. The zero-order valence-electron chi connectivity index (χ0n) is 12.9. The molecule has 6 nitrogen and oxygen atoms in total. The molecule has 0 aromatic rings. The van der Waals surface area contributed by atoms with Gasteiger partial charge in [0.15, 0.2) is 0 Å². The smallest absolute Gasteiger partial charge is 0.407 e. The predicted molar refractivity (Wildman–Crippen MR) is 78.5 cm³/mol. The van der Waals surface area contributed by atoms with E-state index in [0.717, 1.165) is 32.5 Å². The zero-order chi connectivity index (χ0) is 15.2. The lowest BCUT2D eigenvalue weighted by atomic mass is 9.92. The number of carbonyl (C=O) groups is 1. The molecule has 1 saturated heterocycles. The largest absolute Gasteiger partial charge is 0.444 e. The van der Waals surface area contributed by atoms with Crippen LogP contribution in [0.15, 0.2) is 0 Å². The summed E-state index contributed by atoms with van der Waals surface area (Å²) in [5.74, 6) is 0.389. The van der Waals surface area contributed by atoms with Crippen LogP contribution < -0.4 is 11.1 Å². The number of piperidine rings is 1. The summed E-state index contributed by atoms with van der Waals surface area (Å²) in [4.78, 5) is 14.1. The van der Waals surface area contributed by atoms with Crippen molar-refractivity contribution in [2.45, 2.75) is 45.3 Å². The third-order valence-electron chi connectivity index (χ3n) is 3.32. The first-order valence-electron chi connectivity index (χ1n) is 7.37. The third-order valence-corrected chi connectivity index (χ3v) is 3.32. The molecule has 0 radical (unpaired) electrons. The van der Waals surface area contributed by atoms with Crippen molar-refractivity contribution in [2.24, 2.45) is 11.7 Å². The Morgan fingerprint density at radius 2 is 2.15 bits per heavy atom. The van der Waals surface area contributed by atoms with E-state index in [1.54, 1.807) is 0 Å². The number of nitrogens with one attached hydrogen (secondary N) is 1. The second-order valence-corrected chi connectivity index (χ2v) is 6.51. The van der Waals surface area contributed by atoms with Crippen LogP contribution in [0.4, 0.5) is 4.79 Å². The highest BCUT2D eigenvalue weighted by Gasteiger charge is 2.28. The molecule has 0 aromatic carbocycles. The second kappa shape index (κ2) is 7.81. The number of nitrogens with zero attached hydrogens (tertiary/aromatic N) is 1. The molecule has 0 bridgehead atoms. The number of aliphatic hydroxyl groups excluding tert-OH is 1. The monoisotopic (exact) mass is 287 g/mol. The Morgan fingerprint density at radius 1 is 1.45 bits per heavy atom. The van der Waals surface area contributed by atoms with E-state index >= 15 is 0 Å². The van der Waals surface area contributed by atoms with Gasteiger partial charge in [0.05, 0.1) is 0 Å². The van der Waals surface area contributed by atoms with Gasteiger partial charge in [0, 0.05) is 38.8 Å². The summed E-state index contributed by atoms with van der Waals surface area (Å²) in [5, 5.41) is 12.0. The topological polar surface area (TPSA) is 87.8 Å². The van der Waals surface area contributed by atoms with Gasteiger partial charge in [0.1, 0.15) is 5.60 Å². The number of amides is 1. The maximum Gasteiger partial charge on any atom is 0.407 e. The van der Waals surface area contributed by atoms with Gasteiger partial charge in [-0.25, -0.2) is 4.79 Å². The highest BCUT2D eigenvalue weighted by atomic mass is 16.6. The van der Waals surface area contributed by atoms with Gasteiger partial charge in [-0.1, -0.05) is 0 Å². The molecular formula is C14H29N3O3. The van der Waals surface area contributed by atoms with Gasteiger partial charge < -0.3 is 20.9 Å². The lowest BCUT2D eigenvalue weighted by Gasteiger charge is -2.38. The SMILES string of the molecule is CC(C)(C)OC(=O)NC1CC(CCO)CN(CCN)C1. The van der Waals surface area contributed by atoms with Gasteiger partial charge in [-0.05, 0) is 39.5 Å². The fraction of sp³-hybridized carbons (Fsp3) is 0.929. The molecule has 4 N–H and O–H groups in total. The Hall–Kier alpha value is -0.850. The Kier molecular flexibility index (Phi) is 6.71. The van der Waals surface area contributed by atoms with Crippen molar-refractivity contribution in [1.29, 1.82) is 0 Å². The van der Waals surface area contributed by atoms with Crippen LogP contribution in [0.3, 0.4) is 0 Å². The molecule has 0 spiro atoms. The number of ether oxygens (including phenoxy) is 1. The minimum Gasteiger partial charge on any atom is -0.444 e. The summed E-state index contributed by atoms with van der Waals surface area (Å²) >= 11 is 0. The molecule has 118 valence electrons. The minimum atomic E-state index is -0.486. The van der Waals surface area contributed by atoms with Crippen molar-refractivity contribution in [2.75, 3.05) is 32.8 Å². The number of rotatable bonds is 5. The van der Waals surface area contributed by atoms with Gasteiger partial charge >= 0.3 is 6.09 Å². The summed E-state index contributed by atoms with van der Waals surface area (Å²) in [6, 6.07) is 0.0571. The van der Waals surface area contributed by atoms with E-state index in [4.69, 9.17) is 15.6 Å². The number of hydrogen-bond donors (Lipinski definition) is 3. The van der Waals surface area contributed by atoms with Crippen LogP contribution in [0, 0.1) is 5.92 Å². The first-order valence-corrected chi connectivity index (χ1v) is 7.37. The average molecular weight is 287 g/mol. The van der Waals surface area contributed by atoms with E-state index in [9.17, 15) is 4.79 Å². The first kappa shape index (κ1) is 17.2. The summed E-state index contributed by atoms with van der Waals surface area (Å²) in [7, 11) is 0. The minimum absolute atomic E-state index is 0.0571. The maximum atomic E-state index is 11.8. The van der Waals surface area contributed by atoms with Crippen molar-refractivity contribution in [3.05, 3.63) is 0 Å². The van der Waals surface area contributed by atoms with E-state index in [1.165, 1.54) is 0 Å². The molecular weight excluding hydrogens is 258 g/mol. The quantitative estimate of drug-likeness (QED) is 0.687. The van der Waals surface area contributed by atoms with Crippen LogP contribution in [-0.2, 0) is 4.74 Å². The molecule has 0 aliphatic carbocycles. The number of alkyl carbamates (subject to hydrolysis) is 1. The number of nitrogens with two attached hydrogens (primary N) is 1. The van der Waals surface area contributed by atoms with Crippen molar-refractivity contribution in [3.63, 3.8) is 0 Å². The highest BCUT2D eigenvalue weighted by molar-refractivity contribution is 5.68. The fourth-order valence-corrected chi connectivity index (χ4v) is 2.64. The van der Waals surface area contributed by atoms with E-state index in [-0.39, 0.29) is 18.7 Å². The lowest BCUT2D eigenvalue weighted by Crippen LogP contribution is -2.52. The fourth-order valence-electron chi connectivity index (χ4n) is 2.64. The van der Waals surface area contributed by atoms with Crippen molar-refractivity contribution >= 4 is 6.09 Å². The molecule has 6 heteroatoms. The predicted octanol–water partition coefficient (Wildman–Crippen LogP) is 0.543. The standard InChI is InChI=1S/C14H29N3O3/c1-14(2,3)20-13(19)16-12-8-11(4-7-18)9-17(10-12)6-5-15/h11-12,18H,4-10,15H2,1-3H3,(H,16,19). The molecule has 0 saturated carbocycles. The molecule has 2 unspecified atom stereocenters. The maximum absolute atomic E-state index is 11.8. The molecule has 1 heterocycles. The van der Waals surface area contributed by atoms with Gasteiger partial charge in [0.25, 0.3) is 0 Å². The normalized spacial score (nSPS) is 24.4. The number of hydrogen-bond acceptors (Lipinski definition) is 5. The van der Waals surface area contributed by atoms with Crippen molar-refractivity contribution in [3.8, 4) is 0 Å². The van der Waals surface area contributed by atoms with Gasteiger partial charge in [-0.15, -0.1) is 0 Å². The Bertz CT molecular complexity index is 291. The molecule has 0 aromatic heterocycles. The van der Waals surface area contributed by atoms with Crippen LogP contribution in [0.25, 0.3) is 0 Å². The molecule has 1 aliphatic heterocycles. The van der Waals surface area contributed by atoms with E-state index in [0.29, 0.717) is 12.5 Å². The molecule has 2 atom stereocenters. The van der Waals surface area contributed by atoms with Crippen LogP contribution in [0.2, 0.25) is 0 Å².